The number of nitrogens with zero attached hydrogens (tertiary/aromatic N) is 4. The number of aromatic nitrogens is 3. The Morgan fingerprint density at radius 2 is 1.83 bits per heavy atom. The summed E-state index contributed by atoms with van der Waals surface area (Å²) in [4.78, 5) is 25.2. The van der Waals surface area contributed by atoms with Gasteiger partial charge in [-0.3, -0.25) is 4.31 Å². The number of rotatable bonds is 7. The smallest absolute Gasteiger partial charge is 0.331 e. The highest BCUT2D eigenvalue weighted by Crippen LogP contribution is 2.40. The number of nitrogens with one attached hydrogen (secondary N) is 2. The summed E-state index contributed by atoms with van der Waals surface area (Å²) >= 11 is 4.10. The number of amides is 2. The van der Waals surface area contributed by atoms with Gasteiger partial charge in [0, 0.05) is 30.6 Å². The minimum absolute atomic E-state index is 0.366. The Labute approximate surface area is 179 Å². The topological polar surface area (TPSA) is 111 Å². The first-order valence-corrected chi connectivity index (χ1v) is 9.36. The molecule has 30 heavy (non-hydrogen) atoms. The summed E-state index contributed by atoms with van der Waals surface area (Å²) < 4.78 is 17.3. The Balaban J connectivity index is 1.91. The van der Waals surface area contributed by atoms with Crippen LogP contribution in [-0.2, 0) is 0 Å². The lowest BCUT2D eigenvalue weighted by Crippen LogP contribution is -2.26. The molecule has 158 valence electrons. The molecule has 11 heteroatoms. The van der Waals surface area contributed by atoms with Crippen LogP contribution in [0.15, 0.2) is 30.6 Å². The first-order chi connectivity index (χ1) is 14.5. The fraction of sp³-hybridized carbons (Fsp3) is 0.263. The average Bonchev–Trinajstić information content (AvgIpc) is 2.77. The molecule has 0 unspecified atom stereocenters. The second kappa shape index (κ2) is 9.35. The molecule has 0 fully saturated rings. The van der Waals surface area contributed by atoms with E-state index in [1.165, 1.54) is 11.4 Å². The van der Waals surface area contributed by atoms with Gasteiger partial charge in [0.25, 0.3) is 0 Å². The lowest BCUT2D eigenvalue weighted by molar-refractivity contribution is 0.240. The Morgan fingerprint density at radius 3 is 2.43 bits per heavy atom. The highest BCUT2D eigenvalue weighted by atomic mass is 32.1. The number of ether oxygens (including phenoxy) is 3. The molecule has 10 nitrogen and oxygen atoms in total. The van der Waals surface area contributed by atoms with Crippen LogP contribution >= 0.6 is 12.8 Å². The van der Waals surface area contributed by atoms with Crippen LogP contribution in [0.2, 0.25) is 0 Å². The van der Waals surface area contributed by atoms with Crippen molar-refractivity contribution in [2.45, 2.75) is 6.92 Å². The molecule has 2 amide bonds. The predicted octanol–water partition coefficient (Wildman–Crippen LogP) is 3.49. The molecule has 2 N–H and O–H groups in total. The van der Waals surface area contributed by atoms with Gasteiger partial charge in [0.2, 0.25) is 5.75 Å². The lowest BCUT2D eigenvalue weighted by atomic mass is 10.2. The van der Waals surface area contributed by atoms with Crippen LogP contribution in [-0.4, -0.2) is 53.2 Å². The molecule has 2 heterocycles. The number of urea groups is 1. The normalized spacial score (nSPS) is 10.4. The van der Waals surface area contributed by atoms with Gasteiger partial charge in [0.05, 0.1) is 33.2 Å². The molecular weight excluding hydrogens is 408 g/mol. The zero-order valence-electron chi connectivity index (χ0n) is 17.0. The minimum atomic E-state index is -0.366. The van der Waals surface area contributed by atoms with Gasteiger partial charge in [-0.2, -0.15) is 0 Å². The van der Waals surface area contributed by atoms with Crippen LogP contribution in [0.25, 0.3) is 11.2 Å². The number of benzene rings is 1. The zero-order valence-corrected chi connectivity index (χ0v) is 17.9. The molecule has 0 aliphatic rings. The van der Waals surface area contributed by atoms with Gasteiger partial charge in [-0.05, 0) is 13.0 Å². The Morgan fingerprint density at radius 1 is 1.13 bits per heavy atom. The van der Waals surface area contributed by atoms with E-state index >= 15 is 0 Å². The van der Waals surface area contributed by atoms with E-state index in [1.54, 1.807) is 44.8 Å². The third-order valence-electron chi connectivity index (χ3n) is 4.16. The van der Waals surface area contributed by atoms with Crippen LogP contribution in [0.5, 0.6) is 17.2 Å². The van der Waals surface area contributed by atoms with Gasteiger partial charge in [-0.1, -0.05) is 12.8 Å². The highest BCUT2D eigenvalue weighted by Gasteiger charge is 2.15. The molecule has 3 aromatic rings. The van der Waals surface area contributed by atoms with E-state index in [0.717, 1.165) is 0 Å². The summed E-state index contributed by atoms with van der Waals surface area (Å²) in [7, 11) is 4.63. The molecule has 0 atom stereocenters. The van der Waals surface area contributed by atoms with Crippen LogP contribution in [0.3, 0.4) is 0 Å². The van der Waals surface area contributed by atoms with Crippen molar-refractivity contribution < 1.29 is 19.0 Å². The molecule has 0 bridgehead atoms. The molecule has 0 saturated carbocycles. The van der Waals surface area contributed by atoms with Crippen LogP contribution < -0.4 is 24.8 Å². The summed E-state index contributed by atoms with van der Waals surface area (Å²) in [5, 5.41) is 5.90. The van der Waals surface area contributed by atoms with Crippen molar-refractivity contribution in [1.82, 2.24) is 19.3 Å². The molecular formula is C19H22N6O4S. The van der Waals surface area contributed by atoms with E-state index in [-0.39, 0.29) is 6.03 Å². The van der Waals surface area contributed by atoms with E-state index < -0.39 is 0 Å². The molecule has 0 aliphatic heterocycles. The van der Waals surface area contributed by atoms with Gasteiger partial charge >= 0.3 is 6.03 Å². The maximum absolute atomic E-state index is 12.1. The first-order valence-electron chi connectivity index (χ1n) is 8.96. The van der Waals surface area contributed by atoms with Crippen molar-refractivity contribution in [2.75, 3.05) is 38.5 Å². The number of hydrogen-bond acceptors (Lipinski definition) is 9. The standard InChI is InChI=1S/C19H22N6O4S/c1-5-25(30)19(26)23-12-6-7-20-18-16(12)21-10-15(24-18)22-11-8-13(27-2)17(29-4)14(9-11)28-3/h6-10,30H,5H2,1-4H3,(H2,20,22,23,24,26). The number of anilines is 3. The Kier molecular flexibility index (Phi) is 6.62. The number of hydrogen-bond donors (Lipinski definition) is 3. The molecule has 0 radical (unpaired) electrons. The number of pyridine rings is 1. The largest absolute Gasteiger partial charge is 0.493 e. The molecule has 0 aliphatic carbocycles. The van der Waals surface area contributed by atoms with E-state index in [1.807, 2.05) is 6.92 Å². The summed E-state index contributed by atoms with van der Waals surface area (Å²) in [5.74, 6) is 1.95. The fourth-order valence-corrected chi connectivity index (χ4v) is 2.76. The molecule has 0 spiro atoms. The van der Waals surface area contributed by atoms with E-state index in [4.69, 9.17) is 14.2 Å². The van der Waals surface area contributed by atoms with Gasteiger partial charge in [-0.15, -0.1) is 0 Å². The quantitative estimate of drug-likeness (QED) is 0.489. The predicted molar refractivity (Wildman–Crippen MR) is 117 cm³/mol. The van der Waals surface area contributed by atoms with Gasteiger partial charge in [0.15, 0.2) is 23.0 Å². The molecule has 0 saturated heterocycles. The summed E-state index contributed by atoms with van der Waals surface area (Å²) in [5.41, 5.74) is 1.98. The van der Waals surface area contributed by atoms with Crippen LogP contribution in [0, 0.1) is 0 Å². The van der Waals surface area contributed by atoms with Crippen LogP contribution in [0.4, 0.5) is 22.0 Å². The monoisotopic (exact) mass is 430 g/mol. The number of fused-ring (bicyclic) bond motifs is 1. The molecule has 2 aromatic heterocycles. The second-order valence-electron chi connectivity index (χ2n) is 5.97. The SMILES string of the molecule is CCN(S)C(=O)Nc1ccnc2nc(Nc3cc(OC)c(OC)c(OC)c3)cnc12. The highest BCUT2D eigenvalue weighted by molar-refractivity contribution is 7.78. The van der Waals surface area contributed by atoms with Gasteiger partial charge in [0.1, 0.15) is 5.52 Å². The zero-order chi connectivity index (χ0) is 21.7. The summed E-state index contributed by atoms with van der Waals surface area (Å²) in [6, 6.07) is 4.79. The molecule has 3 rings (SSSR count). The van der Waals surface area contributed by atoms with Crippen molar-refractivity contribution in [2.24, 2.45) is 0 Å². The Hall–Kier alpha value is -3.47. The van der Waals surface area contributed by atoms with Crippen molar-refractivity contribution in [3.05, 3.63) is 30.6 Å². The summed E-state index contributed by atoms with van der Waals surface area (Å²) in [6.07, 6.45) is 3.09. The average molecular weight is 430 g/mol. The maximum atomic E-state index is 12.1. The number of carbonyl (C=O) groups excluding carboxylic acids is 1. The fourth-order valence-electron chi connectivity index (χ4n) is 2.71. The van der Waals surface area contributed by atoms with Crippen molar-refractivity contribution in [3.63, 3.8) is 0 Å². The number of methoxy groups -OCH3 is 3. The maximum Gasteiger partial charge on any atom is 0.331 e. The van der Waals surface area contributed by atoms with Crippen molar-refractivity contribution in [1.29, 1.82) is 0 Å². The van der Waals surface area contributed by atoms with Crippen LogP contribution in [0.1, 0.15) is 6.92 Å². The third kappa shape index (κ3) is 4.40. The third-order valence-corrected chi connectivity index (χ3v) is 4.62. The van der Waals surface area contributed by atoms with Gasteiger partial charge in [-0.25, -0.2) is 19.7 Å². The number of carbonyl (C=O) groups is 1. The lowest BCUT2D eigenvalue weighted by Gasteiger charge is -2.15. The van der Waals surface area contributed by atoms with E-state index in [9.17, 15) is 4.79 Å². The Bertz CT molecular complexity index is 1040. The number of thiol groups is 1. The van der Waals surface area contributed by atoms with E-state index in [0.29, 0.717) is 52.1 Å². The van der Waals surface area contributed by atoms with Crippen molar-refractivity contribution in [3.8, 4) is 17.2 Å². The minimum Gasteiger partial charge on any atom is -0.493 e. The summed E-state index contributed by atoms with van der Waals surface area (Å²) in [6.45, 7) is 2.27. The first kappa shape index (κ1) is 21.2. The van der Waals surface area contributed by atoms with Gasteiger partial charge < -0.3 is 24.8 Å². The second-order valence-corrected chi connectivity index (χ2v) is 6.45. The molecule has 1 aromatic carbocycles. The van der Waals surface area contributed by atoms with Crippen molar-refractivity contribution >= 4 is 47.2 Å². The van der Waals surface area contributed by atoms with E-state index in [2.05, 4.69) is 38.4 Å².